The minimum absolute atomic E-state index is 0.0884. The zero-order valence-corrected chi connectivity index (χ0v) is 11.3. The van der Waals surface area contributed by atoms with Crippen molar-refractivity contribution >= 4 is 5.78 Å². The van der Waals surface area contributed by atoms with E-state index in [2.05, 4.69) is 30.4 Å². The highest BCUT2D eigenvalue weighted by atomic mass is 16.1. The van der Waals surface area contributed by atoms with Gasteiger partial charge in [-0.25, -0.2) is 0 Å². The fraction of sp³-hybridized carbons (Fsp3) is 0.500. The molecule has 0 radical (unpaired) electrons. The Kier molecular flexibility index (Phi) is 2.45. The molecule has 19 heavy (non-hydrogen) atoms. The number of hydrogen-bond acceptors (Lipinski definition) is 1. The van der Waals surface area contributed by atoms with Gasteiger partial charge in [-0.15, -0.1) is 0 Å². The molecule has 1 heteroatoms. The highest BCUT2D eigenvalue weighted by Gasteiger charge is 2.56. The van der Waals surface area contributed by atoms with E-state index in [0.717, 1.165) is 18.4 Å². The molecule has 0 N–H and O–H groups in total. The molecule has 1 aromatic carbocycles. The van der Waals surface area contributed by atoms with E-state index in [1.807, 2.05) is 6.07 Å². The predicted molar refractivity (Wildman–Crippen MR) is 76.3 cm³/mol. The summed E-state index contributed by atoms with van der Waals surface area (Å²) in [6, 6.07) is 8.37. The molecule has 3 aliphatic carbocycles. The van der Waals surface area contributed by atoms with Crippen LogP contribution in [0.15, 0.2) is 36.4 Å². The lowest BCUT2D eigenvalue weighted by Crippen LogP contribution is -2.40. The van der Waals surface area contributed by atoms with Crippen LogP contribution in [-0.4, -0.2) is 5.78 Å². The first kappa shape index (κ1) is 11.5. The number of rotatable bonds is 1. The maximum absolute atomic E-state index is 13.1. The first-order valence-electron chi connectivity index (χ1n) is 7.64. The number of ketones is 1. The van der Waals surface area contributed by atoms with Gasteiger partial charge in [-0.1, -0.05) is 49.3 Å². The highest BCUT2D eigenvalue weighted by molar-refractivity contribution is 6.06. The third-order valence-corrected chi connectivity index (χ3v) is 5.63. The van der Waals surface area contributed by atoms with Crippen LogP contribution in [0.4, 0.5) is 0 Å². The van der Waals surface area contributed by atoms with Gasteiger partial charge in [0, 0.05) is 11.0 Å². The van der Waals surface area contributed by atoms with Crippen molar-refractivity contribution in [2.75, 3.05) is 0 Å². The summed E-state index contributed by atoms with van der Waals surface area (Å²) in [5.41, 5.74) is 2.27. The molecule has 4 rings (SSSR count). The van der Waals surface area contributed by atoms with E-state index in [0.29, 0.717) is 17.6 Å². The first-order chi connectivity index (χ1) is 9.34. The number of hydrogen-bond donors (Lipinski definition) is 0. The summed E-state index contributed by atoms with van der Waals surface area (Å²) in [7, 11) is 0. The van der Waals surface area contributed by atoms with Crippen LogP contribution in [0.1, 0.15) is 60.4 Å². The van der Waals surface area contributed by atoms with E-state index in [1.165, 1.54) is 31.2 Å². The standard InChI is InChI=1S/C18H20O/c19-17-15-10-4-3-9-14(15)16-11-5-6-12-18(16,17)13-7-1-2-8-13/h1,3-4,7,9-10,13,16H,2,5-6,8,11-12H2/t13-,16-,18+/m0/s1. The van der Waals surface area contributed by atoms with E-state index >= 15 is 0 Å². The molecule has 0 aliphatic heterocycles. The molecule has 0 amide bonds. The highest BCUT2D eigenvalue weighted by Crippen LogP contribution is 2.60. The Morgan fingerprint density at radius 3 is 2.84 bits per heavy atom. The number of benzene rings is 1. The van der Waals surface area contributed by atoms with Crippen molar-refractivity contribution in [3.63, 3.8) is 0 Å². The Bertz CT molecular complexity index is 557. The van der Waals surface area contributed by atoms with Crippen molar-refractivity contribution < 1.29 is 4.79 Å². The zero-order chi connectivity index (χ0) is 12.9. The van der Waals surface area contributed by atoms with Gasteiger partial charge < -0.3 is 0 Å². The number of carbonyl (C=O) groups excluding carboxylic acids is 1. The number of allylic oxidation sites excluding steroid dienone is 2. The lowest BCUT2D eigenvalue weighted by atomic mass is 9.59. The predicted octanol–water partition coefficient (Wildman–Crippen LogP) is 4.49. The number of Topliss-reactive ketones (excluding diaryl/α,β-unsaturated/α-hetero) is 1. The molecule has 3 atom stereocenters. The van der Waals surface area contributed by atoms with Crippen molar-refractivity contribution in [3.05, 3.63) is 47.5 Å². The van der Waals surface area contributed by atoms with Crippen molar-refractivity contribution in [2.45, 2.75) is 44.4 Å². The molecule has 0 unspecified atom stereocenters. The fourth-order valence-corrected chi connectivity index (χ4v) is 4.83. The molecule has 0 aromatic heterocycles. The van der Waals surface area contributed by atoms with Gasteiger partial charge in [0.2, 0.25) is 0 Å². The zero-order valence-electron chi connectivity index (χ0n) is 11.3. The Morgan fingerprint density at radius 2 is 2.00 bits per heavy atom. The molecule has 1 nitrogen and oxygen atoms in total. The van der Waals surface area contributed by atoms with E-state index in [1.54, 1.807) is 0 Å². The van der Waals surface area contributed by atoms with Crippen LogP contribution in [0.2, 0.25) is 0 Å². The van der Waals surface area contributed by atoms with Crippen LogP contribution in [0.3, 0.4) is 0 Å². The average Bonchev–Trinajstić information content (AvgIpc) is 3.07. The van der Waals surface area contributed by atoms with Gasteiger partial charge >= 0.3 is 0 Å². The maximum atomic E-state index is 13.1. The Morgan fingerprint density at radius 1 is 1.11 bits per heavy atom. The van der Waals surface area contributed by atoms with Crippen LogP contribution in [0.25, 0.3) is 0 Å². The van der Waals surface area contributed by atoms with Crippen molar-refractivity contribution in [2.24, 2.45) is 11.3 Å². The Hall–Kier alpha value is -1.37. The third-order valence-electron chi connectivity index (χ3n) is 5.63. The average molecular weight is 252 g/mol. The molecule has 98 valence electrons. The lowest BCUT2D eigenvalue weighted by Gasteiger charge is -2.42. The summed E-state index contributed by atoms with van der Waals surface area (Å²) in [5, 5.41) is 0. The van der Waals surface area contributed by atoms with Crippen LogP contribution in [0.5, 0.6) is 0 Å². The fourth-order valence-electron chi connectivity index (χ4n) is 4.83. The van der Waals surface area contributed by atoms with Gasteiger partial charge in [0.25, 0.3) is 0 Å². The van der Waals surface area contributed by atoms with Gasteiger partial charge in [0.1, 0.15) is 0 Å². The molecule has 0 spiro atoms. The van der Waals surface area contributed by atoms with E-state index in [9.17, 15) is 4.79 Å². The van der Waals surface area contributed by atoms with Gasteiger partial charge in [0.05, 0.1) is 0 Å². The summed E-state index contributed by atoms with van der Waals surface area (Å²) in [5.74, 6) is 1.42. The Labute approximate surface area is 114 Å². The second-order valence-electron chi connectivity index (χ2n) is 6.37. The summed E-state index contributed by atoms with van der Waals surface area (Å²) < 4.78 is 0. The smallest absolute Gasteiger partial charge is 0.170 e. The van der Waals surface area contributed by atoms with Crippen LogP contribution < -0.4 is 0 Å². The third kappa shape index (κ3) is 1.39. The van der Waals surface area contributed by atoms with Crippen molar-refractivity contribution in [1.82, 2.24) is 0 Å². The van der Waals surface area contributed by atoms with Crippen molar-refractivity contribution in [1.29, 1.82) is 0 Å². The topological polar surface area (TPSA) is 17.1 Å². The minimum atomic E-state index is -0.0884. The second-order valence-corrected chi connectivity index (χ2v) is 6.37. The quantitative estimate of drug-likeness (QED) is 0.673. The van der Waals surface area contributed by atoms with E-state index in [-0.39, 0.29) is 5.41 Å². The number of fused-ring (bicyclic) bond motifs is 3. The molecular formula is C18H20O. The van der Waals surface area contributed by atoms with Crippen LogP contribution >= 0.6 is 0 Å². The normalized spacial score (nSPS) is 36.3. The summed E-state index contributed by atoms with van der Waals surface area (Å²) in [6.07, 6.45) is 11.8. The van der Waals surface area contributed by atoms with Gasteiger partial charge in [0.15, 0.2) is 5.78 Å². The van der Waals surface area contributed by atoms with Crippen LogP contribution in [-0.2, 0) is 0 Å². The molecule has 0 heterocycles. The van der Waals surface area contributed by atoms with Gasteiger partial charge in [-0.3, -0.25) is 4.79 Å². The second kappa shape index (κ2) is 4.06. The molecule has 1 aromatic rings. The first-order valence-corrected chi connectivity index (χ1v) is 7.64. The van der Waals surface area contributed by atoms with E-state index in [4.69, 9.17) is 0 Å². The Balaban J connectivity index is 1.88. The molecular weight excluding hydrogens is 232 g/mol. The van der Waals surface area contributed by atoms with Gasteiger partial charge in [-0.05, 0) is 43.1 Å². The largest absolute Gasteiger partial charge is 0.293 e. The SMILES string of the molecule is O=C1c2ccccc2[C@@H]2CCCC[C@]12[C@H]1C=CCC1. The minimum Gasteiger partial charge on any atom is -0.293 e. The summed E-state index contributed by atoms with van der Waals surface area (Å²) in [4.78, 5) is 13.1. The summed E-state index contributed by atoms with van der Waals surface area (Å²) in [6.45, 7) is 0. The monoisotopic (exact) mass is 252 g/mol. The maximum Gasteiger partial charge on any atom is 0.170 e. The molecule has 0 saturated heterocycles. The number of carbonyl (C=O) groups is 1. The molecule has 3 aliphatic rings. The van der Waals surface area contributed by atoms with E-state index < -0.39 is 0 Å². The molecule has 0 bridgehead atoms. The van der Waals surface area contributed by atoms with Crippen LogP contribution in [0, 0.1) is 11.3 Å². The van der Waals surface area contributed by atoms with Crippen molar-refractivity contribution in [3.8, 4) is 0 Å². The summed E-state index contributed by atoms with van der Waals surface area (Å²) >= 11 is 0. The van der Waals surface area contributed by atoms with Gasteiger partial charge in [-0.2, -0.15) is 0 Å². The molecule has 1 fully saturated rings. The molecule has 1 saturated carbocycles. The lowest BCUT2D eigenvalue weighted by molar-refractivity contribution is 0.0578.